The summed E-state index contributed by atoms with van der Waals surface area (Å²) in [4.78, 5) is 0. The Labute approximate surface area is 99.8 Å². The summed E-state index contributed by atoms with van der Waals surface area (Å²) in [6.07, 6.45) is -2.80. The lowest BCUT2D eigenvalue weighted by Gasteiger charge is -2.12. The van der Waals surface area contributed by atoms with Gasteiger partial charge in [-0.3, -0.25) is 0 Å². The number of hydrogen-bond acceptors (Lipinski definition) is 1. The fourth-order valence-electron chi connectivity index (χ4n) is 1.70. The van der Waals surface area contributed by atoms with E-state index in [1.807, 2.05) is 6.92 Å². The number of halogens is 3. The molecule has 0 aliphatic rings. The molecule has 1 aromatic carbocycles. The molecule has 0 saturated heterocycles. The number of hydrogen-bond donors (Lipinski definition) is 1. The molecule has 0 aliphatic carbocycles. The van der Waals surface area contributed by atoms with Crippen molar-refractivity contribution in [2.24, 2.45) is 11.7 Å². The molecule has 4 heteroatoms. The maximum absolute atomic E-state index is 12.6. The summed E-state index contributed by atoms with van der Waals surface area (Å²) in [6, 6.07) is 4.21. The lowest BCUT2D eigenvalue weighted by molar-refractivity contribution is -0.137. The molecule has 0 spiro atoms. The Kier molecular flexibility index (Phi) is 4.57. The second-order valence-corrected chi connectivity index (χ2v) is 4.58. The summed E-state index contributed by atoms with van der Waals surface area (Å²) in [7, 11) is 0. The van der Waals surface area contributed by atoms with E-state index in [1.165, 1.54) is 12.1 Å². The molecule has 2 N–H and O–H groups in total. The van der Waals surface area contributed by atoms with Crippen LogP contribution in [0.15, 0.2) is 18.2 Å². The summed E-state index contributed by atoms with van der Waals surface area (Å²) in [5, 5.41) is 0. The molecule has 0 aromatic heterocycles. The van der Waals surface area contributed by atoms with Gasteiger partial charge in [-0.1, -0.05) is 18.6 Å². The van der Waals surface area contributed by atoms with E-state index in [1.54, 1.807) is 13.0 Å². The minimum atomic E-state index is -4.26. The monoisotopic (exact) mass is 245 g/mol. The van der Waals surface area contributed by atoms with Gasteiger partial charge in [0.05, 0.1) is 5.56 Å². The Morgan fingerprint density at radius 2 is 1.88 bits per heavy atom. The summed E-state index contributed by atoms with van der Waals surface area (Å²) < 4.78 is 37.8. The Bertz CT molecular complexity index is 371. The van der Waals surface area contributed by atoms with Crippen LogP contribution >= 0.6 is 0 Å². The summed E-state index contributed by atoms with van der Waals surface area (Å²) >= 11 is 0. The normalized spacial score (nSPS) is 13.8. The van der Waals surface area contributed by atoms with E-state index in [0.29, 0.717) is 24.4 Å². The number of alkyl halides is 3. The van der Waals surface area contributed by atoms with Crippen LogP contribution in [0.4, 0.5) is 13.2 Å². The van der Waals surface area contributed by atoms with Gasteiger partial charge in [0.2, 0.25) is 0 Å². The van der Waals surface area contributed by atoms with Crippen LogP contribution in [0, 0.1) is 12.8 Å². The number of rotatable bonds is 4. The molecule has 1 nitrogen and oxygen atoms in total. The Balaban J connectivity index is 2.83. The van der Waals surface area contributed by atoms with Gasteiger partial charge in [0, 0.05) is 0 Å². The van der Waals surface area contributed by atoms with Crippen molar-refractivity contribution < 1.29 is 13.2 Å². The Morgan fingerprint density at radius 1 is 1.24 bits per heavy atom. The van der Waals surface area contributed by atoms with Crippen molar-refractivity contribution in [3.63, 3.8) is 0 Å². The van der Waals surface area contributed by atoms with Crippen molar-refractivity contribution in [1.82, 2.24) is 0 Å². The quantitative estimate of drug-likeness (QED) is 0.862. The highest BCUT2D eigenvalue weighted by Crippen LogP contribution is 2.30. The molecule has 0 bridgehead atoms. The van der Waals surface area contributed by atoms with Crippen LogP contribution < -0.4 is 5.73 Å². The standard InChI is InChI=1S/C13H18F3N/c1-9(8-17)3-4-11-5-10(2)6-12(7-11)13(14,15)16/h5-7,9H,3-4,8,17H2,1-2H3/t9-/m0/s1. The van der Waals surface area contributed by atoms with Gasteiger partial charge in [0.15, 0.2) is 0 Å². The average Bonchev–Trinajstić information content (AvgIpc) is 2.24. The molecule has 96 valence electrons. The molecule has 0 heterocycles. The van der Waals surface area contributed by atoms with Crippen LogP contribution in [0.3, 0.4) is 0 Å². The van der Waals surface area contributed by atoms with Gasteiger partial charge in [0.25, 0.3) is 0 Å². The highest BCUT2D eigenvalue weighted by molar-refractivity contribution is 5.31. The van der Waals surface area contributed by atoms with Gasteiger partial charge in [-0.25, -0.2) is 0 Å². The number of benzene rings is 1. The van der Waals surface area contributed by atoms with Gasteiger partial charge in [-0.05, 0) is 49.9 Å². The van der Waals surface area contributed by atoms with E-state index < -0.39 is 11.7 Å². The van der Waals surface area contributed by atoms with E-state index in [4.69, 9.17) is 5.73 Å². The van der Waals surface area contributed by atoms with E-state index in [-0.39, 0.29) is 0 Å². The largest absolute Gasteiger partial charge is 0.416 e. The Morgan fingerprint density at radius 3 is 2.41 bits per heavy atom. The van der Waals surface area contributed by atoms with Crippen molar-refractivity contribution in [2.45, 2.75) is 32.9 Å². The van der Waals surface area contributed by atoms with Crippen LogP contribution in [0.5, 0.6) is 0 Å². The third-order valence-corrected chi connectivity index (χ3v) is 2.79. The van der Waals surface area contributed by atoms with Crippen LogP contribution in [-0.4, -0.2) is 6.54 Å². The molecule has 0 amide bonds. The highest BCUT2D eigenvalue weighted by Gasteiger charge is 2.30. The van der Waals surface area contributed by atoms with Crippen molar-refractivity contribution in [1.29, 1.82) is 0 Å². The fourth-order valence-corrected chi connectivity index (χ4v) is 1.70. The summed E-state index contributed by atoms with van der Waals surface area (Å²) in [6.45, 7) is 4.25. The van der Waals surface area contributed by atoms with Crippen molar-refractivity contribution in [3.8, 4) is 0 Å². The van der Waals surface area contributed by atoms with Crippen LogP contribution in [-0.2, 0) is 12.6 Å². The maximum Gasteiger partial charge on any atom is 0.416 e. The first kappa shape index (κ1) is 14.0. The van der Waals surface area contributed by atoms with Crippen LogP contribution in [0.1, 0.15) is 30.0 Å². The lowest BCUT2D eigenvalue weighted by atomic mass is 9.98. The number of aryl methyl sites for hydroxylation is 2. The molecule has 0 aliphatic heterocycles. The first-order valence-electron chi connectivity index (χ1n) is 5.70. The average molecular weight is 245 g/mol. The summed E-state index contributed by atoms with van der Waals surface area (Å²) in [5.74, 6) is 0.338. The van der Waals surface area contributed by atoms with E-state index in [9.17, 15) is 13.2 Å². The third-order valence-electron chi connectivity index (χ3n) is 2.79. The zero-order valence-corrected chi connectivity index (χ0v) is 10.1. The molecule has 0 saturated carbocycles. The minimum absolute atomic E-state index is 0.338. The molecule has 17 heavy (non-hydrogen) atoms. The van der Waals surface area contributed by atoms with Crippen molar-refractivity contribution in [3.05, 3.63) is 34.9 Å². The zero-order chi connectivity index (χ0) is 13.1. The van der Waals surface area contributed by atoms with Gasteiger partial charge in [-0.15, -0.1) is 0 Å². The first-order valence-corrected chi connectivity index (χ1v) is 5.70. The SMILES string of the molecule is Cc1cc(CC[C@H](C)CN)cc(C(F)(F)F)c1. The van der Waals surface area contributed by atoms with E-state index in [2.05, 4.69) is 0 Å². The van der Waals surface area contributed by atoms with Crippen molar-refractivity contribution in [2.75, 3.05) is 6.54 Å². The Hall–Kier alpha value is -1.03. The molecule has 1 aromatic rings. The van der Waals surface area contributed by atoms with Gasteiger partial charge < -0.3 is 5.73 Å². The second-order valence-electron chi connectivity index (χ2n) is 4.58. The molecule has 0 unspecified atom stereocenters. The molecule has 0 fully saturated rings. The van der Waals surface area contributed by atoms with E-state index >= 15 is 0 Å². The zero-order valence-electron chi connectivity index (χ0n) is 10.1. The smallest absolute Gasteiger partial charge is 0.330 e. The third kappa shape index (κ3) is 4.38. The number of nitrogens with two attached hydrogens (primary N) is 1. The second kappa shape index (κ2) is 5.54. The minimum Gasteiger partial charge on any atom is -0.330 e. The van der Waals surface area contributed by atoms with Crippen LogP contribution in [0.25, 0.3) is 0 Å². The van der Waals surface area contributed by atoms with Gasteiger partial charge >= 0.3 is 6.18 Å². The molecular weight excluding hydrogens is 227 g/mol. The summed E-state index contributed by atoms with van der Waals surface area (Å²) in [5.41, 5.74) is 6.31. The van der Waals surface area contributed by atoms with E-state index in [0.717, 1.165) is 12.0 Å². The molecular formula is C13H18F3N. The maximum atomic E-state index is 12.6. The topological polar surface area (TPSA) is 26.0 Å². The molecule has 1 atom stereocenters. The molecule has 0 radical (unpaired) electrons. The first-order chi connectivity index (χ1) is 7.82. The van der Waals surface area contributed by atoms with Crippen molar-refractivity contribution >= 4 is 0 Å². The predicted octanol–water partition coefficient (Wildman–Crippen LogP) is 3.54. The highest BCUT2D eigenvalue weighted by atomic mass is 19.4. The van der Waals surface area contributed by atoms with Gasteiger partial charge in [0.1, 0.15) is 0 Å². The van der Waals surface area contributed by atoms with Gasteiger partial charge in [-0.2, -0.15) is 13.2 Å². The lowest BCUT2D eigenvalue weighted by Crippen LogP contribution is -2.12. The predicted molar refractivity (Wildman–Crippen MR) is 62.7 cm³/mol. The fraction of sp³-hybridized carbons (Fsp3) is 0.538. The molecule has 1 rings (SSSR count). The van der Waals surface area contributed by atoms with Crippen LogP contribution in [0.2, 0.25) is 0 Å².